The molecule has 1 amide bonds. The largest absolute Gasteiger partial charge is 0.368 e. The highest BCUT2D eigenvalue weighted by molar-refractivity contribution is 6.13. The summed E-state index contributed by atoms with van der Waals surface area (Å²) in [6.07, 6.45) is 7.08. The van der Waals surface area contributed by atoms with Crippen molar-refractivity contribution in [3.05, 3.63) is 66.5 Å². The van der Waals surface area contributed by atoms with Crippen molar-refractivity contribution >= 4 is 33.8 Å². The van der Waals surface area contributed by atoms with E-state index in [9.17, 15) is 9.18 Å². The number of amides is 1. The Bertz CT molecular complexity index is 1330. The first-order chi connectivity index (χ1) is 15.5. The Hall–Kier alpha value is -3.72. The SMILES string of the molecule is C=CCn1cc2c(N3CCNCC3)ccc(C(=O)Nc3cc(F)c4nc(C)cn4c3)c2n1. The zero-order chi connectivity index (χ0) is 22.2. The molecule has 32 heavy (non-hydrogen) atoms. The number of rotatable bonds is 5. The maximum Gasteiger partial charge on any atom is 0.257 e. The number of carbonyl (C=O) groups excluding carboxylic acids is 1. The Labute approximate surface area is 184 Å². The van der Waals surface area contributed by atoms with Gasteiger partial charge in [-0.25, -0.2) is 9.37 Å². The summed E-state index contributed by atoms with van der Waals surface area (Å²) in [6.45, 7) is 9.71. The average Bonchev–Trinajstić information content (AvgIpc) is 3.37. The third-order valence-corrected chi connectivity index (χ3v) is 5.60. The number of halogens is 1. The van der Waals surface area contributed by atoms with Gasteiger partial charge in [-0.05, 0) is 19.1 Å². The van der Waals surface area contributed by atoms with Gasteiger partial charge in [0.1, 0.15) is 5.52 Å². The van der Waals surface area contributed by atoms with E-state index >= 15 is 0 Å². The van der Waals surface area contributed by atoms with Crippen molar-refractivity contribution in [3.8, 4) is 0 Å². The van der Waals surface area contributed by atoms with E-state index in [1.165, 1.54) is 6.07 Å². The molecule has 0 aliphatic carbocycles. The summed E-state index contributed by atoms with van der Waals surface area (Å²) in [6, 6.07) is 5.03. The number of aryl methyl sites for hydroxylation is 1. The van der Waals surface area contributed by atoms with Crippen molar-refractivity contribution in [2.24, 2.45) is 0 Å². The fourth-order valence-corrected chi connectivity index (χ4v) is 4.18. The molecule has 2 N–H and O–H groups in total. The molecular formula is C23H24FN7O. The predicted molar refractivity (Wildman–Crippen MR) is 123 cm³/mol. The van der Waals surface area contributed by atoms with Crippen LogP contribution in [0.5, 0.6) is 0 Å². The van der Waals surface area contributed by atoms with E-state index in [4.69, 9.17) is 0 Å². The van der Waals surface area contributed by atoms with Crippen LogP contribution in [0.25, 0.3) is 16.6 Å². The monoisotopic (exact) mass is 433 g/mol. The quantitative estimate of drug-likeness (QED) is 0.473. The van der Waals surface area contributed by atoms with Crippen molar-refractivity contribution in [3.63, 3.8) is 0 Å². The molecule has 1 aliphatic heterocycles. The summed E-state index contributed by atoms with van der Waals surface area (Å²) >= 11 is 0. The van der Waals surface area contributed by atoms with Gasteiger partial charge in [0.2, 0.25) is 0 Å². The summed E-state index contributed by atoms with van der Waals surface area (Å²) in [7, 11) is 0. The molecule has 9 heteroatoms. The molecule has 0 saturated carbocycles. The second-order valence-electron chi connectivity index (χ2n) is 7.92. The third kappa shape index (κ3) is 3.60. The van der Waals surface area contributed by atoms with Gasteiger partial charge in [0.05, 0.1) is 23.5 Å². The van der Waals surface area contributed by atoms with Crippen LogP contribution in [0.1, 0.15) is 16.1 Å². The maximum atomic E-state index is 14.4. The Morgan fingerprint density at radius 1 is 1.28 bits per heavy atom. The van der Waals surface area contributed by atoms with Crippen molar-refractivity contribution in [1.29, 1.82) is 0 Å². The number of nitrogens with zero attached hydrogens (tertiary/aromatic N) is 5. The van der Waals surface area contributed by atoms with Crippen molar-refractivity contribution in [2.75, 3.05) is 36.4 Å². The number of allylic oxidation sites excluding steroid dienone is 1. The number of nitrogens with one attached hydrogen (secondary N) is 2. The molecular weight excluding hydrogens is 409 g/mol. The van der Waals surface area contributed by atoms with Gasteiger partial charge in [-0.3, -0.25) is 9.48 Å². The Morgan fingerprint density at radius 2 is 2.09 bits per heavy atom. The van der Waals surface area contributed by atoms with Gasteiger partial charge in [0, 0.05) is 61.9 Å². The minimum atomic E-state index is -0.495. The number of benzene rings is 1. The van der Waals surface area contributed by atoms with Crippen LogP contribution in [0.2, 0.25) is 0 Å². The van der Waals surface area contributed by atoms with Gasteiger partial charge < -0.3 is 19.9 Å². The maximum absolute atomic E-state index is 14.4. The smallest absolute Gasteiger partial charge is 0.257 e. The molecule has 8 nitrogen and oxygen atoms in total. The normalized spacial score (nSPS) is 14.2. The van der Waals surface area contributed by atoms with Crippen LogP contribution in [0.4, 0.5) is 15.8 Å². The minimum Gasteiger partial charge on any atom is -0.368 e. The number of aromatic nitrogens is 4. The zero-order valence-electron chi connectivity index (χ0n) is 17.8. The van der Waals surface area contributed by atoms with Crippen LogP contribution in [0, 0.1) is 12.7 Å². The lowest BCUT2D eigenvalue weighted by Gasteiger charge is -2.30. The Balaban J connectivity index is 1.53. The van der Waals surface area contributed by atoms with Gasteiger partial charge in [0.25, 0.3) is 5.91 Å². The highest BCUT2D eigenvalue weighted by Crippen LogP contribution is 2.30. The molecule has 5 rings (SSSR count). The van der Waals surface area contributed by atoms with E-state index in [1.54, 1.807) is 40.5 Å². The average molecular weight is 433 g/mol. The van der Waals surface area contributed by atoms with Crippen molar-refractivity contribution in [1.82, 2.24) is 24.5 Å². The number of hydrogen-bond acceptors (Lipinski definition) is 5. The molecule has 1 aromatic carbocycles. The first-order valence-electron chi connectivity index (χ1n) is 10.6. The molecule has 0 bridgehead atoms. The third-order valence-electron chi connectivity index (χ3n) is 5.60. The molecule has 1 fully saturated rings. The van der Waals surface area contributed by atoms with Crippen LogP contribution in [-0.2, 0) is 6.54 Å². The summed E-state index contributed by atoms with van der Waals surface area (Å²) in [5, 5.41) is 11.7. The predicted octanol–water partition coefficient (Wildman–Crippen LogP) is 2.98. The van der Waals surface area contributed by atoms with Crippen LogP contribution in [0.3, 0.4) is 0 Å². The molecule has 3 aromatic heterocycles. The summed E-state index contributed by atoms with van der Waals surface area (Å²) < 4.78 is 17.8. The fourth-order valence-electron chi connectivity index (χ4n) is 4.18. The number of hydrogen-bond donors (Lipinski definition) is 2. The number of anilines is 2. The molecule has 1 aliphatic rings. The number of carbonyl (C=O) groups is 1. The van der Waals surface area contributed by atoms with Crippen LogP contribution < -0.4 is 15.5 Å². The van der Waals surface area contributed by atoms with E-state index in [1.807, 2.05) is 12.3 Å². The van der Waals surface area contributed by atoms with Gasteiger partial charge >= 0.3 is 0 Å². The lowest BCUT2D eigenvalue weighted by molar-refractivity contribution is 0.102. The topological polar surface area (TPSA) is 79.5 Å². The van der Waals surface area contributed by atoms with E-state index < -0.39 is 5.82 Å². The van der Waals surface area contributed by atoms with E-state index in [0.717, 1.165) is 37.3 Å². The van der Waals surface area contributed by atoms with Gasteiger partial charge in [-0.15, -0.1) is 6.58 Å². The Kier molecular flexibility index (Phi) is 5.10. The van der Waals surface area contributed by atoms with Gasteiger partial charge in [0.15, 0.2) is 11.5 Å². The van der Waals surface area contributed by atoms with Crippen molar-refractivity contribution in [2.45, 2.75) is 13.5 Å². The number of piperazine rings is 1. The molecule has 0 atom stereocenters. The lowest BCUT2D eigenvalue weighted by atomic mass is 10.1. The van der Waals surface area contributed by atoms with Crippen LogP contribution in [0.15, 0.2) is 49.4 Å². The van der Waals surface area contributed by atoms with Crippen molar-refractivity contribution < 1.29 is 9.18 Å². The van der Waals surface area contributed by atoms with Gasteiger partial charge in [-0.2, -0.15) is 5.10 Å². The number of pyridine rings is 1. The van der Waals surface area contributed by atoms with E-state index in [-0.39, 0.29) is 11.6 Å². The molecule has 4 aromatic rings. The molecule has 1 saturated heterocycles. The van der Waals surface area contributed by atoms with Gasteiger partial charge in [-0.1, -0.05) is 6.08 Å². The summed E-state index contributed by atoms with van der Waals surface area (Å²) in [4.78, 5) is 19.6. The highest BCUT2D eigenvalue weighted by Gasteiger charge is 2.21. The summed E-state index contributed by atoms with van der Waals surface area (Å²) in [5.41, 5.74) is 3.37. The highest BCUT2D eigenvalue weighted by atomic mass is 19.1. The fraction of sp³-hybridized carbons (Fsp3) is 0.261. The lowest BCUT2D eigenvalue weighted by Crippen LogP contribution is -2.43. The Morgan fingerprint density at radius 3 is 2.88 bits per heavy atom. The first kappa shape index (κ1) is 20.2. The molecule has 0 radical (unpaired) electrons. The molecule has 0 spiro atoms. The molecule has 4 heterocycles. The van der Waals surface area contributed by atoms with Crippen LogP contribution >= 0.6 is 0 Å². The number of fused-ring (bicyclic) bond motifs is 2. The second kappa shape index (κ2) is 8.08. The molecule has 164 valence electrons. The van der Waals surface area contributed by atoms with E-state index in [0.29, 0.717) is 29.0 Å². The standard InChI is InChI=1S/C23H24FN7O/c1-3-8-31-14-18-20(29-9-6-25-7-10-29)5-4-17(21(18)28-31)23(32)27-16-11-19(24)22-26-15(2)12-30(22)13-16/h3-5,11-14,25H,1,6-10H2,2H3,(H,27,32). The first-order valence-corrected chi connectivity index (χ1v) is 10.6. The van der Waals surface area contributed by atoms with E-state index in [2.05, 4.69) is 32.2 Å². The zero-order valence-corrected chi connectivity index (χ0v) is 17.8. The minimum absolute atomic E-state index is 0.228. The number of imidazole rings is 1. The molecule has 0 unspecified atom stereocenters. The van der Waals surface area contributed by atoms with Crippen LogP contribution in [-0.4, -0.2) is 51.3 Å². The second-order valence-corrected chi connectivity index (χ2v) is 7.92. The summed E-state index contributed by atoms with van der Waals surface area (Å²) in [5.74, 6) is -0.841.